The fourth-order valence-electron chi connectivity index (χ4n) is 0.961. The van der Waals surface area contributed by atoms with Gasteiger partial charge in [0.25, 0.3) is 0 Å². The topological polar surface area (TPSA) is 26.0 Å². The molecule has 13 heavy (non-hydrogen) atoms. The highest BCUT2D eigenvalue weighted by Gasteiger charge is 1.99. The molecule has 2 N–H and O–H groups in total. The maximum absolute atomic E-state index is 5.64. The molecule has 0 saturated heterocycles. The lowest BCUT2D eigenvalue weighted by Gasteiger charge is -2.04. The molecule has 1 aromatic carbocycles. The van der Waals surface area contributed by atoms with E-state index in [2.05, 4.69) is 28.9 Å². The molecule has 0 fully saturated rings. The van der Waals surface area contributed by atoms with Crippen LogP contribution in [0.1, 0.15) is 19.8 Å². The van der Waals surface area contributed by atoms with Crippen LogP contribution in [0.3, 0.4) is 0 Å². The van der Waals surface area contributed by atoms with E-state index in [9.17, 15) is 0 Å². The standard InChI is InChI=1S/C10H14BrNS/c1-2-3-6-13-10-5-4-8(12)7-9(10)11/h4-5,7H,2-3,6,12H2,1H3. The van der Waals surface area contributed by atoms with E-state index in [0.717, 1.165) is 10.2 Å². The Kier molecular flexibility index (Phi) is 4.67. The number of benzene rings is 1. The summed E-state index contributed by atoms with van der Waals surface area (Å²) in [4.78, 5) is 1.28. The minimum absolute atomic E-state index is 0.812. The summed E-state index contributed by atoms with van der Waals surface area (Å²) in [6, 6.07) is 5.97. The molecule has 0 atom stereocenters. The van der Waals surface area contributed by atoms with Gasteiger partial charge >= 0.3 is 0 Å². The van der Waals surface area contributed by atoms with Gasteiger partial charge < -0.3 is 5.73 Å². The van der Waals surface area contributed by atoms with Gasteiger partial charge in [0.05, 0.1) is 0 Å². The van der Waals surface area contributed by atoms with Crippen molar-refractivity contribution in [2.24, 2.45) is 0 Å². The molecular formula is C10H14BrNS. The van der Waals surface area contributed by atoms with Crippen molar-refractivity contribution >= 4 is 33.4 Å². The van der Waals surface area contributed by atoms with Crippen molar-refractivity contribution in [2.45, 2.75) is 24.7 Å². The molecule has 0 unspecified atom stereocenters. The fourth-order valence-corrected chi connectivity index (χ4v) is 2.71. The molecule has 0 amide bonds. The normalized spacial score (nSPS) is 10.3. The minimum Gasteiger partial charge on any atom is -0.399 e. The van der Waals surface area contributed by atoms with E-state index >= 15 is 0 Å². The van der Waals surface area contributed by atoms with Crippen LogP contribution < -0.4 is 5.73 Å². The van der Waals surface area contributed by atoms with Gasteiger partial charge in [-0.25, -0.2) is 0 Å². The molecule has 0 aliphatic carbocycles. The summed E-state index contributed by atoms with van der Waals surface area (Å²) in [5, 5.41) is 0. The molecule has 1 aromatic rings. The van der Waals surface area contributed by atoms with Crippen molar-refractivity contribution in [3.05, 3.63) is 22.7 Å². The molecule has 0 aromatic heterocycles. The molecule has 0 heterocycles. The van der Waals surface area contributed by atoms with Crippen molar-refractivity contribution in [3.63, 3.8) is 0 Å². The van der Waals surface area contributed by atoms with Crippen LogP contribution in [0.15, 0.2) is 27.6 Å². The van der Waals surface area contributed by atoms with Crippen LogP contribution in [-0.2, 0) is 0 Å². The van der Waals surface area contributed by atoms with Gasteiger partial charge in [0.15, 0.2) is 0 Å². The molecule has 72 valence electrons. The molecule has 0 saturated carbocycles. The number of rotatable bonds is 4. The Hall–Kier alpha value is -0.150. The van der Waals surface area contributed by atoms with Crippen LogP contribution in [0.5, 0.6) is 0 Å². The van der Waals surface area contributed by atoms with Crippen LogP contribution in [0.2, 0.25) is 0 Å². The number of halogens is 1. The zero-order valence-corrected chi connectivity index (χ0v) is 10.1. The molecule has 3 heteroatoms. The summed E-state index contributed by atoms with van der Waals surface area (Å²) in [7, 11) is 0. The third-order valence-corrected chi connectivity index (χ3v) is 3.79. The highest BCUT2D eigenvalue weighted by atomic mass is 79.9. The van der Waals surface area contributed by atoms with Crippen molar-refractivity contribution in [1.82, 2.24) is 0 Å². The van der Waals surface area contributed by atoms with Gasteiger partial charge in [-0.15, -0.1) is 11.8 Å². The highest BCUT2D eigenvalue weighted by molar-refractivity contribution is 9.10. The molecular weight excluding hydrogens is 246 g/mol. The maximum atomic E-state index is 5.64. The number of thioether (sulfide) groups is 1. The van der Waals surface area contributed by atoms with Crippen molar-refractivity contribution < 1.29 is 0 Å². The number of unbranched alkanes of at least 4 members (excludes halogenated alkanes) is 1. The number of nitrogens with two attached hydrogens (primary N) is 1. The predicted molar refractivity (Wildman–Crippen MR) is 64.2 cm³/mol. The summed E-state index contributed by atoms with van der Waals surface area (Å²) in [6.07, 6.45) is 2.51. The first kappa shape index (κ1) is 10.9. The third kappa shape index (κ3) is 3.61. The Morgan fingerprint density at radius 2 is 2.23 bits per heavy atom. The first-order valence-corrected chi connectivity index (χ1v) is 6.19. The van der Waals surface area contributed by atoms with Gasteiger partial charge in [-0.1, -0.05) is 13.3 Å². The lowest BCUT2D eigenvalue weighted by atomic mass is 10.3. The number of nitrogen functional groups attached to an aromatic ring is 1. The van der Waals surface area contributed by atoms with Crippen LogP contribution in [0.25, 0.3) is 0 Å². The summed E-state index contributed by atoms with van der Waals surface area (Å²) in [5.41, 5.74) is 6.45. The average Bonchev–Trinajstić information content (AvgIpc) is 2.09. The first-order valence-electron chi connectivity index (χ1n) is 4.42. The van der Waals surface area contributed by atoms with Crippen LogP contribution in [-0.4, -0.2) is 5.75 Å². The van der Waals surface area contributed by atoms with E-state index in [1.807, 2.05) is 23.9 Å². The molecule has 0 aliphatic heterocycles. The van der Waals surface area contributed by atoms with Crippen LogP contribution in [0, 0.1) is 0 Å². The lowest BCUT2D eigenvalue weighted by Crippen LogP contribution is -1.85. The minimum atomic E-state index is 0.812. The lowest BCUT2D eigenvalue weighted by molar-refractivity contribution is 0.896. The van der Waals surface area contributed by atoms with E-state index in [0.29, 0.717) is 0 Å². The summed E-state index contributed by atoms with van der Waals surface area (Å²) < 4.78 is 1.11. The van der Waals surface area contributed by atoms with Gasteiger partial charge in [0.1, 0.15) is 0 Å². The molecule has 0 spiro atoms. The van der Waals surface area contributed by atoms with E-state index in [4.69, 9.17) is 5.73 Å². The highest BCUT2D eigenvalue weighted by Crippen LogP contribution is 2.29. The Balaban J connectivity index is 2.56. The van der Waals surface area contributed by atoms with Gasteiger partial charge in [0, 0.05) is 15.1 Å². The second kappa shape index (κ2) is 5.55. The number of hydrogen-bond donors (Lipinski definition) is 1. The van der Waals surface area contributed by atoms with Crippen LogP contribution >= 0.6 is 27.7 Å². The Labute approximate surface area is 92.2 Å². The van der Waals surface area contributed by atoms with Crippen molar-refractivity contribution in [2.75, 3.05) is 11.5 Å². The SMILES string of the molecule is CCCCSc1ccc(N)cc1Br. The van der Waals surface area contributed by atoms with E-state index in [1.165, 1.54) is 23.5 Å². The zero-order chi connectivity index (χ0) is 9.68. The first-order chi connectivity index (χ1) is 6.24. The van der Waals surface area contributed by atoms with E-state index < -0.39 is 0 Å². The average molecular weight is 260 g/mol. The second-order valence-electron chi connectivity index (χ2n) is 2.89. The van der Waals surface area contributed by atoms with Crippen molar-refractivity contribution in [1.29, 1.82) is 0 Å². The second-order valence-corrected chi connectivity index (χ2v) is 4.88. The number of hydrogen-bond acceptors (Lipinski definition) is 2. The molecule has 1 nitrogen and oxygen atoms in total. The summed E-state index contributed by atoms with van der Waals surface area (Å²) in [5.74, 6) is 1.18. The Morgan fingerprint density at radius 3 is 2.85 bits per heavy atom. The maximum Gasteiger partial charge on any atom is 0.0331 e. The largest absolute Gasteiger partial charge is 0.399 e. The molecule has 0 bridgehead atoms. The van der Waals surface area contributed by atoms with Gasteiger partial charge in [-0.3, -0.25) is 0 Å². The monoisotopic (exact) mass is 259 g/mol. The van der Waals surface area contributed by atoms with E-state index in [-0.39, 0.29) is 0 Å². The Bertz CT molecular complexity index is 276. The molecule has 0 radical (unpaired) electrons. The summed E-state index contributed by atoms with van der Waals surface area (Å²) >= 11 is 5.38. The fraction of sp³-hybridized carbons (Fsp3) is 0.400. The van der Waals surface area contributed by atoms with E-state index in [1.54, 1.807) is 0 Å². The quantitative estimate of drug-likeness (QED) is 0.504. The number of anilines is 1. The van der Waals surface area contributed by atoms with Gasteiger partial charge in [-0.2, -0.15) is 0 Å². The van der Waals surface area contributed by atoms with Crippen LogP contribution in [0.4, 0.5) is 5.69 Å². The van der Waals surface area contributed by atoms with Gasteiger partial charge in [-0.05, 0) is 46.3 Å². The summed E-state index contributed by atoms with van der Waals surface area (Å²) in [6.45, 7) is 2.21. The van der Waals surface area contributed by atoms with Gasteiger partial charge in [0.2, 0.25) is 0 Å². The zero-order valence-electron chi connectivity index (χ0n) is 7.72. The predicted octanol–water partition coefficient (Wildman–Crippen LogP) is 3.92. The molecule has 0 aliphatic rings. The molecule has 1 rings (SSSR count). The smallest absolute Gasteiger partial charge is 0.0331 e. The third-order valence-electron chi connectivity index (χ3n) is 1.71. The Morgan fingerprint density at radius 1 is 1.46 bits per heavy atom. The van der Waals surface area contributed by atoms with Crippen molar-refractivity contribution in [3.8, 4) is 0 Å².